The minimum atomic E-state index is -0.346. The SMILES string of the molecule is Cc1ccc(OCCNC(=O)CCN2C(=O)c3ccccc3C2=O)cc1. The number of aryl methyl sites for hydroxylation is 1. The monoisotopic (exact) mass is 352 g/mol. The summed E-state index contributed by atoms with van der Waals surface area (Å²) >= 11 is 0. The maximum Gasteiger partial charge on any atom is 0.261 e. The van der Waals surface area contributed by atoms with E-state index in [9.17, 15) is 14.4 Å². The zero-order valence-electron chi connectivity index (χ0n) is 14.5. The first-order valence-corrected chi connectivity index (χ1v) is 8.47. The van der Waals surface area contributed by atoms with Crippen LogP contribution in [0.15, 0.2) is 48.5 Å². The average molecular weight is 352 g/mol. The van der Waals surface area contributed by atoms with Crippen LogP contribution in [0, 0.1) is 6.92 Å². The van der Waals surface area contributed by atoms with E-state index < -0.39 is 0 Å². The summed E-state index contributed by atoms with van der Waals surface area (Å²) in [4.78, 5) is 37.5. The molecule has 0 unspecified atom stereocenters. The van der Waals surface area contributed by atoms with Gasteiger partial charge in [-0.25, -0.2) is 0 Å². The minimum Gasteiger partial charge on any atom is -0.492 e. The maximum absolute atomic E-state index is 12.2. The number of imide groups is 1. The summed E-state index contributed by atoms with van der Waals surface area (Å²) in [5.41, 5.74) is 1.94. The minimum absolute atomic E-state index is 0.0655. The molecule has 0 fully saturated rings. The number of nitrogens with zero attached hydrogens (tertiary/aromatic N) is 1. The number of carbonyl (C=O) groups excluding carboxylic acids is 3. The van der Waals surface area contributed by atoms with Crippen LogP contribution in [0.5, 0.6) is 5.75 Å². The molecule has 1 N–H and O–H groups in total. The first-order chi connectivity index (χ1) is 12.6. The van der Waals surface area contributed by atoms with Crippen LogP contribution in [0.1, 0.15) is 32.7 Å². The number of amides is 3. The van der Waals surface area contributed by atoms with Gasteiger partial charge >= 0.3 is 0 Å². The number of nitrogens with one attached hydrogen (secondary N) is 1. The zero-order chi connectivity index (χ0) is 18.5. The van der Waals surface area contributed by atoms with Gasteiger partial charge in [-0.3, -0.25) is 19.3 Å². The molecule has 1 aliphatic rings. The molecule has 3 amide bonds. The first kappa shape index (κ1) is 17.7. The lowest BCUT2D eigenvalue weighted by atomic mass is 10.1. The molecule has 0 saturated heterocycles. The van der Waals surface area contributed by atoms with Crippen molar-refractivity contribution in [3.05, 3.63) is 65.2 Å². The van der Waals surface area contributed by atoms with Crippen LogP contribution in [-0.2, 0) is 4.79 Å². The van der Waals surface area contributed by atoms with Gasteiger partial charge in [-0.15, -0.1) is 0 Å². The number of carbonyl (C=O) groups is 3. The molecule has 2 aromatic carbocycles. The molecule has 0 bridgehead atoms. The third kappa shape index (κ3) is 3.91. The summed E-state index contributed by atoms with van der Waals surface area (Å²) in [5, 5.41) is 2.73. The summed E-state index contributed by atoms with van der Waals surface area (Å²) in [6.07, 6.45) is 0.0655. The number of rotatable bonds is 7. The van der Waals surface area contributed by atoms with E-state index in [1.54, 1.807) is 24.3 Å². The second kappa shape index (κ2) is 7.82. The quantitative estimate of drug-likeness (QED) is 0.612. The van der Waals surface area contributed by atoms with Crippen molar-refractivity contribution < 1.29 is 19.1 Å². The molecular weight excluding hydrogens is 332 g/mol. The summed E-state index contributed by atoms with van der Waals surface area (Å²) < 4.78 is 5.53. The lowest BCUT2D eigenvalue weighted by molar-refractivity contribution is -0.121. The van der Waals surface area contributed by atoms with Crippen molar-refractivity contribution in [2.24, 2.45) is 0 Å². The van der Waals surface area contributed by atoms with E-state index >= 15 is 0 Å². The molecule has 1 heterocycles. The van der Waals surface area contributed by atoms with Gasteiger partial charge in [0.25, 0.3) is 11.8 Å². The van der Waals surface area contributed by atoms with Crippen molar-refractivity contribution in [3.63, 3.8) is 0 Å². The highest BCUT2D eigenvalue weighted by Crippen LogP contribution is 2.22. The third-order valence-corrected chi connectivity index (χ3v) is 4.15. The maximum atomic E-state index is 12.2. The Kier molecular flexibility index (Phi) is 5.31. The van der Waals surface area contributed by atoms with Crippen LogP contribution < -0.4 is 10.1 Å². The van der Waals surface area contributed by atoms with Gasteiger partial charge in [-0.05, 0) is 31.2 Å². The van der Waals surface area contributed by atoms with Gasteiger partial charge < -0.3 is 10.1 Å². The van der Waals surface area contributed by atoms with E-state index in [0.717, 1.165) is 16.2 Å². The van der Waals surface area contributed by atoms with Gasteiger partial charge in [0.15, 0.2) is 0 Å². The van der Waals surface area contributed by atoms with E-state index in [1.807, 2.05) is 31.2 Å². The fraction of sp³-hybridized carbons (Fsp3) is 0.250. The van der Waals surface area contributed by atoms with Crippen molar-refractivity contribution in [2.75, 3.05) is 19.7 Å². The fourth-order valence-corrected chi connectivity index (χ4v) is 2.74. The van der Waals surface area contributed by atoms with Crippen LogP contribution in [0.3, 0.4) is 0 Å². The molecule has 0 radical (unpaired) electrons. The molecule has 1 aliphatic heterocycles. The number of benzene rings is 2. The Morgan fingerprint density at radius 3 is 2.23 bits per heavy atom. The molecule has 0 atom stereocenters. The van der Waals surface area contributed by atoms with E-state index in [1.165, 1.54) is 0 Å². The summed E-state index contributed by atoms with van der Waals surface area (Å²) in [7, 11) is 0. The lowest BCUT2D eigenvalue weighted by Crippen LogP contribution is -2.35. The van der Waals surface area contributed by atoms with Crippen LogP contribution in [0.25, 0.3) is 0 Å². The molecule has 26 heavy (non-hydrogen) atoms. The van der Waals surface area contributed by atoms with Crippen LogP contribution >= 0.6 is 0 Å². The Morgan fingerprint density at radius 2 is 1.62 bits per heavy atom. The predicted molar refractivity (Wildman–Crippen MR) is 96.1 cm³/mol. The molecule has 3 rings (SSSR count). The fourth-order valence-electron chi connectivity index (χ4n) is 2.74. The van der Waals surface area contributed by atoms with E-state index in [4.69, 9.17) is 4.74 Å². The largest absolute Gasteiger partial charge is 0.492 e. The third-order valence-electron chi connectivity index (χ3n) is 4.15. The predicted octanol–water partition coefficient (Wildman–Crippen LogP) is 2.18. The van der Waals surface area contributed by atoms with Gasteiger partial charge in [-0.1, -0.05) is 29.8 Å². The Morgan fingerprint density at radius 1 is 1.00 bits per heavy atom. The molecular formula is C20H20N2O4. The zero-order valence-corrected chi connectivity index (χ0v) is 14.5. The number of hydrogen-bond acceptors (Lipinski definition) is 4. The van der Waals surface area contributed by atoms with Crippen molar-refractivity contribution >= 4 is 17.7 Å². The summed E-state index contributed by atoms with van der Waals surface area (Å²) in [6, 6.07) is 14.3. The molecule has 0 aliphatic carbocycles. The normalized spacial score (nSPS) is 12.9. The highest BCUT2D eigenvalue weighted by Gasteiger charge is 2.34. The highest BCUT2D eigenvalue weighted by molar-refractivity contribution is 6.21. The standard InChI is InChI=1S/C20H20N2O4/c1-14-6-8-15(9-7-14)26-13-11-21-18(23)10-12-22-19(24)16-4-2-3-5-17(16)20(22)25/h2-9H,10-13H2,1H3,(H,21,23). The molecule has 6 nitrogen and oxygen atoms in total. The molecule has 0 saturated carbocycles. The van der Waals surface area contributed by atoms with Crippen molar-refractivity contribution in [2.45, 2.75) is 13.3 Å². The summed E-state index contributed by atoms with van der Waals surface area (Å²) in [5.74, 6) is -0.174. The van der Waals surface area contributed by atoms with E-state index in [0.29, 0.717) is 24.3 Å². The smallest absolute Gasteiger partial charge is 0.261 e. The number of fused-ring (bicyclic) bond motifs is 1. The topological polar surface area (TPSA) is 75.7 Å². The molecule has 2 aromatic rings. The van der Waals surface area contributed by atoms with E-state index in [2.05, 4.69) is 5.32 Å². The van der Waals surface area contributed by atoms with Crippen LogP contribution in [0.4, 0.5) is 0 Å². The second-order valence-corrected chi connectivity index (χ2v) is 6.07. The molecule has 6 heteroatoms. The van der Waals surface area contributed by atoms with Gasteiger partial charge in [0, 0.05) is 13.0 Å². The first-order valence-electron chi connectivity index (χ1n) is 8.47. The molecule has 0 spiro atoms. The van der Waals surface area contributed by atoms with Crippen molar-refractivity contribution in [1.82, 2.24) is 10.2 Å². The Labute approximate surface area is 151 Å². The van der Waals surface area contributed by atoms with Crippen molar-refractivity contribution in [3.8, 4) is 5.75 Å². The van der Waals surface area contributed by atoms with Gasteiger partial charge in [0.2, 0.25) is 5.91 Å². The lowest BCUT2D eigenvalue weighted by Gasteiger charge is -2.13. The molecule has 134 valence electrons. The van der Waals surface area contributed by atoms with Gasteiger partial charge in [0.05, 0.1) is 17.7 Å². The Bertz CT molecular complexity index is 795. The van der Waals surface area contributed by atoms with Gasteiger partial charge in [-0.2, -0.15) is 0 Å². The van der Waals surface area contributed by atoms with Crippen molar-refractivity contribution in [1.29, 1.82) is 0 Å². The van der Waals surface area contributed by atoms with Crippen LogP contribution in [0.2, 0.25) is 0 Å². The van der Waals surface area contributed by atoms with Crippen LogP contribution in [-0.4, -0.2) is 42.3 Å². The van der Waals surface area contributed by atoms with Gasteiger partial charge in [0.1, 0.15) is 12.4 Å². The second-order valence-electron chi connectivity index (χ2n) is 6.07. The Hall–Kier alpha value is -3.15. The number of ether oxygens (including phenoxy) is 1. The average Bonchev–Trinajstić information content (AvgIpc) is 2.89. The highest BCUT2D eigenvalue weighted by atomic mass is 16.5. The van der Waals surface area contributed by atoms with E-state index in [-0.39, 0.29) is 30.7 Å². The Balaban J connectivity index is 1.40. The summed E-state index contributed by atoms with van der Waals surface area (Å²) in [6.45, 7) is 2.77. The number of hydrogen-bond donors (Lipinski definition) is 1. The molecule has 0 aromatic heterocycles.